The van der Waals surface area contributed by atoms with Gasteiger partial charge in [0.2, 0.25) is 5.88 Å². The fourth-order valence-electron chi connectivity index (χ4n) is 1.17. The molecule has 2 rings (SSSR count). The zero-order chi connectivity index (χ0) is 10.7. The van der Waals surface area contributed by atoms with Crippen molar-refractivity contribution in [1.82, 2.24) is 4.98 Å². The molecule has 4 heteroatoms. The van der Waals surface area contributed by atoms with E-state index < -0.39 is 0 Å². The van der Waals surface area contributed by atoms with Crippen LogP contribution < -0.4 is 10.5 Å². The molecule has 0 aliphatic heterocycles. The Morgan fingerprint density at radius 1 is 1.40 bits per heavy atom. The van der Waals surface area contributed by atoms with E-state index in [1.807, 2.05) is 12.1 Å². The highest BCUT2D eigenvalue weighted by Gasteiger charge is 2.10. The number of ether oxygens (including phenoxy) is 1. The molecule has 0 saturated heterocycles. The van der Waals surface area contributed by atoms with Crippen molar-refractivity contribution in [3.63, 3.8) is 0 Å². The van der Waals surface area contributed by atoms with E-state index in [9.17, 15) is 0 Å². The highest BCUT2D eigenvalue weighted by molar-refractivity contribution is 7.80. The smallest absolute Gasteiger partial charge is 0.219 e. The second-order valence-corrected chi connectivity index (χ2v) is 3.58. The molecule has 0 spiro atoms. The van der Waals surface area contributed by atoms with Crippen LogP contribution in [0.5, 0.6) is 5.88 Å². The Labute approximate surface area is 93.3 Å². The lowest BCUT2D eigenvalue weighted by Crippen LogP contribution is -2.27. The predicted molar refractivity (Wildman–Crippen MR) is 62.7 cm³/mol. The van der Waals surface area contributed by atoms with Gasteiger partial charge in [0, 0.05) is 17.1 Å². The summed E-state index contributed by atoms with van der Waals surface area (Å²) in [4.78, 5) is 4.72. The molecule has 0 saturated carbocycles. The van der Waals surface area contributed by atoms with Gasteiger partial charge in [-0.05, 0) is 18.2 Å². The molecule has 3 nitrogen and oxygen atoms in total. The first-order valence-electron chi connectivity index (χ1n) is 4.54. The molecule has 2 N–H and O–H groups in total. The van der Waals surface area contributed by atoms with Gasteiger partial charge in [-0.15, -0.1) is 0 Å². The van der Waals surface area contributed by atoms with E-state index in [2.05, 4.69) is 4.98 Å². The van der Waals surface area contributed by atoms with Crippen LogP contribution in [0.25, 0.3) is 0 Å². The van der Waals surface area contributed by atoms with E-state index in [1.54, 1.807) is 30.5 Å². The summed E-state index contributed by atoms with van der Waals surface area (Å²) in [5.41, 5.74) is 5.69. The van der Waals surface area contributed by atoms with Crippen LogP contribution in [0.1, 0.15) is 0 Å². The van der Waals surface area contributed by atoms with Gasteiger partial charge in [-0.25, -0.2) is 4.98 Å². The average molecular weight is 218 g/mol. The molecule has 0 aromatic carbocycles. The number of allylic oxidation sites excluding steroid dienone is 1. The summed E-state index contributed by atoms with van der Waals surface area (Å²) < 4.78 is 5.49. The molecule has 1 aromatic rings. The normalized spacial score (nSPS) is 19.9. The average Bonchev–Trinajstić information content (AvgIpc) is 2.25. The van der Waals surface area contributed by atoms with Crippen LogP contribution >= 0.6 is 12.2 Å². The fraction of sp³-hybridized carbons (Fsp3) is 0.0909. The fourth-order valence-corrected chi connectivity index (χ4v) is 1.36. The lowest BCUT2D eigenvalue weighted by molar-refractivity contribution is 0.426. The third-order valence-electron chi connectivity index (χ3n) is 1.94. The standard InChI is InChI=1S/C11H10N2OS/c12-9-5-4-8(7-10(9)15)14-11-3-1-2-6-13-11/h1-7,9H,12H2. The first-order valence-corrected chi connectivity index (χ1v) is 4.95. The van der Waals surface area contributed by atoms with Crippen molar-refractivity contribution in [3.05, 3.63) is 48.4 Å². The maximum atomic E-state index is 5.69. The van der Waals surface area contributed by atoms with E-state index in [-0.39, 0.29) is 6.04 Å². The molecular weight excluding hydrogens is 208 g/mol. The van der Waals surface area contributed by atoms with Crippen LogP contribution in [-0.2, 0) is 0 Å². The van der Waals surface area contributed by atoms with Gasteiger partial charge in [-0.1, -0.05) is 24.4 Å². The van der Waals surface area contributed by atoms with Crippen LogP contribution in [-0.4, -0.2) is 15.9 Å². The molecule has 1 aliphatic carbocycles. The van der Waals surface area contributed by atoms with E-state index in [4.69, 9.17) is 22.7 Å². The minimum absolute atomic E-state index is 0.184. The van der Waals surface area contributed by atoms with Gasteiger partial charge < -0.3 is 10.5 Å². The third-order valence-corrected chi connectivity index (χ3v) is 2.33. The summed E-state index contributed by atoms with van der Waals surface area (Å²) in [6, 6.07) is 5.29. The van der Waals surface area contributed by atoms with Gasteiger partial charge >= 0.3 is 0 Å². The lowest BCUT2D eigenvalue weighted by Gasteiger charge is -2.13. The predicted octanol–water partition coefficient (Wildman–Crippen LogP) is 1.61. The molecule has 0 radical (unpaired) electrons. The summed E-state index contributed by atoms with van der Waals surface area (Å²) in [6.45, 7) is 0. The topological polar surface area (TPSA) is 48.1 Å². The van der Waals surface area contributed by atoms with Gasteiger partial charge in [0.05, 0.1) is 6.04 Å². The first-order chi connectivity index (χ1) is 7.25. The second kappa shape index (κ2) is 4.33. The van der Waals surface area contributed by atoms with Crippen molar-refractivity contribution in [2.45, 2.75) is 6.04 Å². The van der Waals surface area contributed by atoms with Gasteiger partial charge in [0.25, 0.3) is 0 Å². The maximum absolute atomic E-state index is 5.69. The monoisotopic (exact) mass is 218 g/mol. The summed E-state index contributed by atoms with van der Waals surface area (Å²) >= 11 is 5.07. The molecule has 1 atom stereocenters. The highest BCUT2D eigenvalue weighted by atomic mass is 32.1. The molecule has 0 amide bonds. The van der Waals surface area contributed by atoms with Crippen molar-refractivity contribution < 1.29 is 4.74 Å². The van der Waals surface area contributed by atoms with E-state index in [1.165, 1.54) is 0 Å². The zero-order valence-corrected chi connectivity index (χ0v) is 8.78. The van der Waals surface area contributed by atoms with E-state index >= 15 is 0 Å². The summed E-state index contributed by atoms with van der Waals surface area (Å²) in [7, 11) is 0. The van der Waals surface area contributed by atoms with Crippen LogP contribution in [0.2, 0.25) is 0 Å². The molecule has 0 fully saturated rings. The number of pyridine rings is 1. The van der Waals surface area contributed by atoms with Crippen molar-refractivity contribution >= 4 is 17.1 Å². The second-order valence-electron chi connectivity index (χ2n) is 3.10. The highest BCUT2D eigenvalue weighted by Crippen LogP contribution is 2.13. The Morgan fingerprint density at radius 3 is 2.93 bits per heavy atom. The molecule has 0 bridgehead atoms. The lowest BCUT2D eigenvalue weighted by atomic mass is 10.1. The number of aromatic nitrogens is 1. The first kappa shape index (κ1) is 10.0. The molecule has 1 heterocycles. The summed E-state index contributed by atoms with van der Waals surface area (Å²) in [5, 5.41) is 0. The summed E-state index contributed by atoms with van der Waals surface area (Å²) in [6.07, 6.45) is 7.02. The molecule has 76 valence electrons. The third kappa shape index (κ3) is 2.49. The minimum Gasteiger partial charge on any atom is -0.439 e. The molecule has 1 aromatic heterocycles. The van der Waals surface area contributed by atoms with E-state index in [0.717, 1.165) is 0 Å². The van der Waals surface area contributed by atoms with Crippen LogP contribution in [0.4, 0.5) is 0 Å². The van der Waals surface area contributed by atoms with Gasteiger partial charge in [-0.2, -0.15) is 0 Å². The van der Waals surface area contributed by atoms with Crippen LogP contribution in [0.15, 0.2) is 48.4 Å². The van der Waals surface area contributed by atoms with Crippen LogP contribution in [0.3, 0.4) is 0 Å². The Morgan fingerprint density at radius 2 is 2.27 bits per heavy atom. The number of hydrogen-bond acceptors (Lipinski definition) is 4. The number of nitrogens with two attached hydrogens (primary N) is 1. The Balaban J connectivity index is 2.12. The maximum Gasteiger partial charge on any atom is 0.219 e. The Hall–Kier alpha value is -1.52. The van der Waals surface area contributed by atoms with Gasteiger partial charge in [-0.3, -0.25) is 0 Å². The number of thiocarbonyl (C=S) groups is 1. The molecular formula is C11H10N2OS. The van der Waals surface area contributed by atoms with Gasteiger partial charge in [0.15, 0.2) is 0 Å². The van der Waals surface area contributed by atoms with Crippen molar-refractivity contribution in [3.8, 4) is 5.88 Å². The Bertz CT molecular complexity index is 425. The molecule has 15 heavy (non-hydrogen) atoms. The largest absolute Gasteiger partial charge is 0.439 e. The molecule has 1 aliphatic rings. The number of rotatable bonds is 2. The number of hydrogen-bond donors (Lipinski definition) is 1. The van der Waals surface area contributed by atoms with Crippen molar-refractivity contribution in [1.29, 1.82) is 0 Å². The number of nitrogens with zero attached hydrogens (tertiary/aromatic N) is 1. The van der Waals surface area contributed by atoms with Gasteiger partial charge in [0.1, 0.15) is 5.76 Å². The minimum atomic E-state index is -0.184. The molecule has 1 unspecified atom stereocenters. The van der Waals surface area contributed by atoms with Crippen molar-refractivity contribution in [2.75, 3.05) is 0 Å². The SMILES string of the molecule is NC1C=CC(Oc2ccccn2)=CC1=S. The zero-order valence-electron chi connectivity index (χ0n) is 7.96. The summed E-state index contributed by atoms with van der Waals surface area (Å²) in [5.74, 6) is 1.21. The quantitative estimate of drug-likeness (QED) is 0.766. The van der Waals surface area contributed by atoms with E-state index in [0.29, 0.717) is 16.5 Å². The van der Waals surface area contributed by atoms with Crippen LogP contribution in [0, 0.1) is 0 Å². The van der Waals surface area contributed by atoms with Crippen molar-refractivity contribution in [2.24, 2.45) is 5.73 Å². The Kier molecular flexibility index (Phi) is 2.89.